The quantitative estimate of drug-likeness (QED) is 0.689. The molecule has 2 rings (SSSR count). The van der Waals surface area contributed by atoms with E-state index in [0.717, 1.165) is 3.79 Å². The molecule has 0 unspecified atom stereocenters. The van der Waals surface area contributed by atoms with E-state index in [1.807, 2.05) is 0 Å². The molecular weight excluding hydrogens is 364 g/mol. The molecule has 1 aromatic heterocycles. The van der Waals surface area contributed by atoms with Crippen LogP contribution in [0, 0.1) is 0 Å². The van der Waals surface area contributed by atoms with Crippen molar-refractivity contribution in [1.82, 2.24) is 0 Å². The van der Waals surface area contributed by atoms with Gasteiger partial charge in [-0.3, -0.25) is 0 Å². The van der Waals surface area contributed by atoms with Crippen molar-refractivity contribution in [1.29, 1.82) is 0 Å². The van der Waals surface area contributed by atoms with Crippen LogP contribution in [0.5, 0.6) is 0 Å². The molecular formula is C11H7BrCl3NS. The first-order valence-electron chi connectivity index (χ1n) is 4.67. The van der Waals surface area contributed by atoms with Gasteiger partial charge in [0.1, 0.15) is 0 Å². The fourth-order valence-electron chi connectivity index (χ4n) is 1.34. The van der Waals surface area contributed by atoms with Gasteiger partial charge in [-0.05, 0) is 45.1 Å². The van der Waals surface area contributed by atoms with Crippen LogP contribution in [0.4, 0.5) is 5.69 Å². The summed E-state index contributed by atoms with van der Waals surface area (Å²) in [5, 5.41) is 6.85. The van der Waals surface area contributed by atoms with Crippen LogP contribution in [-0.4, -0.2) is 0 Å². The van der Waals surface area contributed by atoms with E-state index in [1.165, 1.54) is 5.56 Å². The van der Waals surface area contributed by atoms with E-state index in [2.05, 4.69) is 32.7 Å². The number of hydrogen-bond donors (Lipinski definition) is 1. The summed E-state index contributed by atoms with van der Waals surface area (Å²) in [6.07, 6.45) is 0. The molecule has 0 saturated heterocycles. The van der Waals surface area contributed by atoms with Crippen molar-refractivity contribution in [3.63, 3.8) is 0 Å². The van der Waals surface area contributed by atoms with Crippen LogP contribution in [0.1, 0.15) is 5.56 Å². The lowest BCUT2D eigenvalue weighted by molar-refractivity contribution is 1.16. The van der Waals surface area contributed by atoms with E-state index in [-0.39, 0.29) is 0 Å². The maximum atomic E-state index is 6.07. The summed E-state index contributed by atoms with van der Waals surface area (Å²) in [5.41, 5.74) is 1.88. The fourth-order valence-corrected chi connectivity index (χ4v) is 3.50. The summed E-state index contributed by atoms with van der Waals surface area (Å²) in [7, 11) is 0. The van der Waals surface area contributed by atoms with Crippen molar-refractivity contribution in [2.45, 2.75) is 6.54 Å². The molecule has 6 heteroatoms. The minimum atomic E-state index is 0.525. The molecule has 1 N–H and O–H groups in total. The number of anilines is 1. The number of benzene rings is 1. The molecule has 0 aliphatic heterocycles. The molecule has 2 aromatic rings. The Morgan fingerprint density at radius 1 is 1.12 bits per heavy atom. The summed E-state index contributed by atoms with van der Waals surface area (Å²) in [4.78, 5) is 0. The van der Waals surface area contributed by atoms with Gasteiger partial charge in [0.15, 0.2) is 0 Å². The monoisotopic (exact) mass is 369 g/mol. The summed E-state index contributed by atoms with van der Waals surface area (Å²) in [5.74, 6) is 0. The zero-order valence-corrected chi connectivity index (χ0v) is 13.1. The van der Waals surface area contributed by atoms with Gasteiger partial charge in [-0.1, -0.05) is 34.8 Å². The van der Waals surface area contributed by atoms with Crippen molar-refractivity contribution in [2.75, 3.05) is 5.32 Å². The van der Waals surface area contributed by atoms with Crippen molar-refractivity contribution < 1.29 is 0 Å². The molecule has 0 radical (unpaired) electrons. The van der Waals surface area contributed by atoms with Gasteiger partial charge in [-0.15, -0.1) is 11.3 Å². The van der Waals surface area contributed by atoms with Crippen LogP contribution in [0.3, 0.4) is 0 Å². The van der Waals surface area contributed by atoms with Gasteiger partial charge in [0.2, 0.25) is 0 Å². The van der Waals surface area contributed by atoms with Gasteiger partial charge in [0, 0.05) is 11.6 Å². The Balaban J connectivity index is 2.14. The normalized spacial score (nSPS) is 10.6. The summed E-state index contributed by atoms with van der Waals surface area (Å²) in [6, 6.07) is 5.39. The lowest BCUT2D eigenvalue weighted by Gasteiger charge is -2.10. The third-order valence-corrected chi connectivity index (χ3v) is 4.47. The largest absolute Gasteiger partial charge is 0.379 e. The first-order valence-corrected chi connectivity index (χ1v) is 7.48. The molecule has 1 heterocycles. The molecule has 0 aliphatic carbocycles. The molecule has 17 heavy (non-hydrogen) atoms. The Hall–Kier alpha value is 0.0700. The van der Waals surface area contributed by atoms with Crippen molar-refractivity contribution >= 4 is 67.8 Å². The zero-order valence-electron chi connectivity index (χ0n) is 8.44. The SMILES string of the molecule is Clc1cc(Cl)c(NCc2csc(Br)c2)c(Cl)c1. The summed E-state index contributed by atoms with van der Waals surface area (Å²) in [6.45, 7) is 0.670. The highest BCUT2D eigenvalue weighted by Crippen LogP contribution is 2.34. The Kier molecular flexibility index (Phi) is 4.61. The average Bonchev–Trinajstić information content (AvgIpc) is 2.62. The molecule has 1 aromatic carbocycles. The second kappa shape index (κ2) is 5.81. The van der Waals surface area contributed by atoms with Crippen LogP contribution in [-0.2, 0) is 6.54 Å². The molecule has 0 spiro atoms. The molecule has 0 atom stereocenters. The van der Waals surface area contributed by atoms with Crippen molar-refractivity contribution in [3.8, 4) is 0 Å². The summed E-state index contributed by atoms with van der Waals surface area (Å²) >= 11 is 23.0. The smallest absolute Gasteiger partial charge is 0.0722 e. The van der Waals surface area contributed by atoms with Crippen LogP contribution in [0.15, 0.2) is 27.4 Å². The van der Waals surface area contributed by atoms with Gasteiger partial charge in [-0.25, -0.2) is 0 Å². The lowest BCUT2D eigenvalue weighted by Crippen LogP contribution is -1.99. The highest BCUT2D eigenvalue weighted by Gasteiger charge is 2.07. The van der Waals surface area contributed by atoms with Crippen LogP contribution in [0.2, 0.25) is 15.1 Å². The number of halogens is 4. The summed E-state index contributed by atoms with van der Waals surface area (Å²) < 4.78 is 1.10. The van der Waals surface area contributed by atoms with Crippen molar-refractivity contribution in [2.24, 2.45) is 0 Å². The Labute approximate surface area is 127 Å². The fraction of sp³-hybridized carbons (Fsp3) is 0.0909. The van der Waals surface area contributed by atoms with E-state index < -0.39 is 0 Å². The van der Waals surface area contributed by atoms with E-state index in [4.69, 9.17) is 34.8 Å². The third-order valence-electron chi connectivity index (χ3n) is 2.10. The minimum Gasteiger partial charge on any atom is -0.379 e. The second-order valence-electron chi connectivity index (χ2n) is 3.36. The predicted octanol–water partition coefficient (Wildman–Crippen LogP) is 6.08. The van der Waals surface area contributed by atoms with Gasteiger partial charge in [-0.2, -0.15) is 0 Å². The number of hydrogen-bond acceptors (Lipinski definition) is 2. The minimum absolute atomic E-state index is 0.525. The highest BCUT2D eigenvalue weighted by molar-refractivity contribution is 9.11. The number of nitrogens with one attached hydrogen (secondary N) is 1. The Morgan fingerprint density at radius 2 is 1.76 bits per heavy atom. The molecule has 0 aliphatic rings. The first-order chi connectivity index (χ1) is 8.06. The molecule has 0 amide bonds. The van der Waals surface area contributed by atoms with E-state index >= 15 is 0 Å². The van der Waals surface area contributed by atoms with E-state index in [1.54, 1.807) is 23.5 Å². The standard InChI is InChI=1S/C11H7BrCl3NS/c12-10-1-6(5-17-10)4-16-11-8(14)2-7(13)3-9(11)15/h1-3,5,16H,4H2. The van der Waals surface area contributed by atoms with Crippen molar-refractivity contribution in [3.05, 3.63) is 48.0 Å². The number of rotatable bonds is 3. The molecule has 90 valence electrons. The maximum absolute atomic E-state index is 6.07. The third kappa shape index (κ3) is 3.52. The van der Waals surface area contributed by atoms with Gasteiger partial charge >= 0.3 is 0 Å². The topological polar surface area (TPSA) is 12.0 Å². The Morgan fingerprint density at radius 3 is 2.29 bits per heavy atom. The lowest BCUT2D eigenvalue weighted by atomic mass is 10.3. The van der Waals surface area contributed by atoms with Gasteiger partial charge in [0.25, 0.3) is 0 Å². The molecule has 0 bridgehead atoms. The molecule has 0 saturated carbocycles. The highest BCUT2D eigenvalue weighted by atomic mass is 79.9. The van der Waals surface area contributed by atoms with E-state index in [9.17, 15) is 0 Å². The average molecular weight is 372 g/mol. The maximum Gasteiger partial charge on any atom is 0.0722 e. The number of thiophene rings is 1. The van der Waals surface area contributed by atoms with Crippen LogP contribution < -0.4 is 5.32 Å². The van der Waals surface area contributed by atoms with E-state index in [0.29, 0.717) is 27.3 Å². The molecule has 0 fully saturated rings. The first kappa shape index (κ1) is 13.5. The van der Waals surface area contributed by atoms with Gasteiger partial charge in [0.05, 0.1) is 19.5 Å². The van der Waals surface area contributed by atoms with Crippen LogP contribution in [0.25, 0.3) is 0 Å². The predicted molar refractivity (Wildman–Crippen MR) is 80.8 cm³/mol. The second-order valence-corrected chi connectivity index (χ2v) is 6.90. The Bertz CT molecular complexity index is 518. The molecule has 1 nitrogen and oxygen atoms in total. The van der Waals surface area contributed by atoms with Gasteiger partial charge < -0.3 is 5.32 Å². The zero-order chi connectivity index (χ0) is 12.4. The van der Waals surface area contributed by atoms with Crippen LogP contribution >= 0.6 is 62.1 Å².